The topological polar surface area (TPSA) is 68.8 Å². The monoisotopic (exact) mass is 369 g/mol. The van der Waals surface area contributed by atoms with Crippen molar-refractivity contribution in [3.05, 3.63) is 60.7 Å². The van der Waals surface area contributed by atoms with Gasteiger partial charge in [0.25, 0.3) is 0 Å². The van der Waals surface area contributed by atoms with Gasteiger partial charge in [0.2, 0.25) is 0 Å². The van der Waals surface area contributed by atoms with Crippen LogP contribution in [0.1, 0.15) is 43.4 Å². The molecule has 4 rings (SSSR count). The summed E-state index contributed by atoms with van der Waals surface area (Å²) in [6.45, 7) is 0.617. The first kappa shape index (κ1) is 17.3. The lowest BCUT2D eigenvalue weighted by molar-refractivity contribution is 0.0674. The Morgan fingerprint density at radius 2 is 2.00 bits per heavy atom. The molecular formula is C19H23N5OS. The second-order valence-electron chi connectivity index (χ2n) is 6.64. The van der Waals surface area contributed by atoms with E-state index in [2.05, 4.69) is 17.1 Å². The molecule has 1 N–H and O–H groups in total. The van der Waals surface area contributed by atoms with Gasteiger partial charge in [-0.15, -0.1) is 11.8 Å². The predicted octanol–water partition coefficient (Wildman–Crippen LogP) is 3.29. The van der Waals surface area contributed by atoms with Crippen LogP contribution in [0.5, 0.6) is 0 Å². The summed E-state index contributed by atoms with van der Waals surface area (Å²) in [6, 6.07) is 10.3. The summed E-state index contributed by atoms with van der Waals surface area (Å²) in [6.07, 6.45) is 9.13. The van der Waals surface area contributed by atoms with Crippen molar-refractivity contribution in [2.24, 2.45) is 0 Å². The van der Waals surface area contributed by atoms with Crippen molar-refractivity contribution < 1.29 is 5.11 Å². The number of imidazole rings is 1. The third-order valence-corrected chi connectivity index (χ3v) is 5.76. The van der Waals surface area contributed by atoms with Crippen molar-refractivity contribution in [1.29, 1.82) is 0 Å². The number of rotatable bonds is 6. The summed E-state index contributed by atoms with van der Waals surface area (Å²) in [5.74, 6) is 2.42. The van der Waals surface area contributed by atoms with Gasteiger partial charge in [0.15, 0.2) is 5.82 Å². The molecule has 0 saturated heterocycles. The zero-order valence-electron chi connectivity index (χ0n) is 14.6. The van der Waals surface area contributed by atoms with E-state index in [-0.39, 0.29) is 12.1 Å². The van der Waals surface area contributed by atoms with Crippen molar-refractivity contribution in [2.75, 3.05) is 0 Å². The van der Waals surface area contributed by atoms with Crippen LogP contribution in [0.4, 0.5) is 0 Å². The van der Waals surface area contributed by atoms with Gasteiger partial charge in [0.1, 0.15) is 5.82 Å². The molecule has 0 unspecified atom stereocenters. The molecule has 0 bridgehead atoms. The first-order valence-electron chi connectivity index (χ1n) is 9.05. The smallest absolute Gasteiger partial charge is 0.161 e. The van der Waals surface area contributed by atoms with Crippen LogP contribution in [-0.4, -0.2) is 35.5 Å². The van der Waals surface area contributed by atoms with E-state index in [1.165, 1.54) is 4.90 Å². The van der Waals surface area contributed by atoms with Gasteiger partial charge < -0.3 is 9.67 Å². The highest BCUT2D eigenvalue weighted by Gasteiger charge is 2.28. The molecular weight excluding hydrogens is 346 g/mol. The van der Waals surface area contributed by atoms with Crippen LogP contribution in [0.3, 0.4) is 0 Å². The van der Waals surface area contributed by atoms with E-state index < -0.39 is 0 Å². The fourth-order valence-electron chi connectivity index (χ4n) is 3.42. The molecule has 0 amide bonds. The maximum absolute atomic E-state index is 10.5. The van der Waals surface area contributed by atoms with Crippen LogP contribution in [-0.2, 0) is 12.3 Å². The minimum Gasteiger partial charge on any atom is -0.391 e. The van der Waals surface area contributed by atoms with Crippen molar-refractivity contribution in [3.8, 4) is 0 Å². The highest BCUT2D eigenvalue weighted by Crippen LogP contribution is 2.30. The first-order chi connectivity index (χ1) is 12.8. The van der Waals surface area contributed by atoms with Crippen LogP contribution < -0.4 is 0 Å². The Labute approximate surface area is 157 Å². The van der Waals surface area contributed by atoms with Gasteiger partial charge in [-0.3, -0.25) is 0 Å². The fourth-order valence-corrected chi connectivity index (χ4v) is 4.19. The zero-order valence-corrected chi connectivity index (χ0v) is 15.4. The molecule has 0 aliphatic heterocycles. The molecule has 1 aliphatic carbocycles. The first-order valence-corrected chi connectivity index (χ1v) is 10.0. The summed E-state index contributed by atoms with van der Waals surface area (Å²) >= 11 is 1.73. The Balaban J connectivity index is 1.56. The van der Waals surface area contributed by atoms with Gasteiger partial charge >= 0.3 is 0 Å². The van der Waals surface area contributed by atoms with Crippen LogP contribution in [0, 0.1) is 0 Å². The molecule has 0 radical (unpaired) electrons. The van der Waals surface area contributed by atoms with Crippen LogP contribution in [0.15, 0.2) is 53.9 Å². The lowest BCUT2D eigenvalue weighted by atomic mass is 9.93. The number of hydrogen-bond donors (Lipinski definition) is 1. The SMILES string of the molecule is O[C@@H]1CCCC[C@H]1n1nc(CSc2ccccc2)nc1Cn1ccnc1. The average molecular weight is 369 g/mol. The lowest BCUT2D eigenvalue weighted by Gasteiger charge is -2.28. The van der Waals surface area contributed by atoms with Crippen LogP contribution >= 0.6 is 11.8 Å². The lowest BCUT2D eigenvalue weighted by Crippen LogP contribution is -2.30. The maximum Gasteiger partial charge on any atom is 0.161 e. The molecule has 136 valence electrons. The predicted molar refractivity (Wildman–Crippen MR) is 101 cm³/mol. The van der Waals surface area contributed by atoms with Crippen molar-refractivity contribution in [1.82, 2.24) is 24.3 Å². The standard InChI is InChI=1S/C19H23N5OS/c25-17-9-5-4-8-16(17)24-19(12-23-11-10-20-14-23)21-18(22-24)13-26-15-6-2-1-3-7-15/h1-3,6-7,10-11,14,16-17,25H,4-5,8-9,12-13H2/t16-,17-/m1/s1. The third-order valence-electron chi connectivity index (χ3n) is 4.75. The largest absolute Gasteiger partial charge is 0.391 e. The Morgan fingerprint density at radius 3 is 2.77 bits per heavy atom. The number of nitrogens with zero attached hydrogens (tertiary/aromatic N) is 5. The molecule has 1 aromatic carbocycles. The second kappa shape index (κ2) is 8.05. The average Bonchev–Trinajstić information content (AvgIpc) is 3.32. The van der Waals surface area contributed by atoms with Crippen LogP contribution in [0.2, 0.25) is 0 Å². The van der Waals surface area contributed by atoms with Crippen molar-refractivity contribution in [3.63, 3.8) is 0 Å². The summed E-state index contributed by atoms with van der Waals surface area (Å²) in [7, 11) is 0. The minimum absolute atomic E-state index is 0.0187. The number of aliphatic hydroxyl groups excluding tert-OH is 1. The quantitative estimate of drug-likeness (QED) is 0.675. The maximum atomic E-state index is 10.5. The molecule has 2 atom stereocenters. The zero-order chi connectivity index (χ0) is 17.8. The molecule has 1 fully saturated rings. The van der Waals surface area contributed by atoms with Crippen LogP contribution in [0.25, 0.3) is 0 Å². The summed E-state index contributed by atoms with van der Waals surface area (Å²) in [4.78, 5) is 10.1. The molecule has 26 heavy (non-hydrogen) atoms. The molecule has 6 nitrogen and oxygen atoms in total. The number of aromatic nitrogens is 5. The number of hydrogen-bond acceptors (Lipinski definition) is 5. The number of benzene rings is 1. The highest BCUT2D eigenvalue weighted by atomic mass is 32.2. The van der Waals surface area contributed by atoms with E-state index in [0.29, 0.717) is 6.54 Å². The Kier molecular flexibility index (Phi) is 5.36. The fraction of sp³-hybridized carbons (Fsp3) is 0.421. The van der Waals surface area contributed by atoms with Gasteiger partial charge in [-0.25, -0.2) is 14.6 Å². The van der Waals surface area contributed by atoms with E-state index >= 15 is 0 Å². The second-order valence-corrected chi connectivity index (χ2v) is 7.69. The van der Waals surface area contributed by atoms with Crippen molar-refractivity contribution >= 4 is 11.8 Å². The number of aliphatic hydroxyl groups is 1. The Bertz CT molecular complexity index is 818. The molecule has 7 heteroatoms. The summed E-state index contributed by atoms with van der Waals surface area (Å²) < 4.78 is 3.95. The summed E-state index contributed by atoms with van der Waals surface area (Å²) in [5, 5.41) is 15.2. The Morgan fingerprint density at radius 1 is 1.15 bits per heavy atom. The van der Waals surface area contributed by atoms with E-state index in [4.69, 9.17) is 10.1 Å². The minimum atomic E-state index is -0.346. The van der Waals surface area contributed by atoms with Gasteiger partial charge in [0, 0.05) is 17.3 Å². The van der Waals surface area contributed by atoms with Gasteiger partial charge in [-0.1, -0.05) is 31.0 Å². The molecule has 2 heterocycles. The van der Waals surface area contributed by atoms with Gasteiger partial charge in [-0.2, -0.15) is 5.10 Å². The molecule has 2 aromatic heterocycles. The van der Waals surface area contributed by atoms with E-state index in [9.17, 15) is 5.11 Å². The van der Waals surface area contributed by atoms with E-state index in [1.807, 2.05) is 33.6 Å². The normalized spacial score (nSPS) is 20.3. The van der Waals surface area contributed by atoms with Crippen molar-refractivity contribution in [2.45, 2.75) is 55.0 Å². The molecule has 0 spiro atoms. The highest BCUT2D eigenvalue weighted by molar-refractivity contribution is 7.98. The summed E-state index contributed by atoms with van der Waals surface area (Å²) in [5.41, 5.74) is 0. The van der Waals surface area contributed by atoms with E-state index in [0.717, 1.165) is 43.1 Å². The number of thioether (sulfide) groups is 1. The van der Waals surface area contributed by atoms with Gasteiger partial charge in [-0.05, 0) is 25.0 Å². The molecule has 1 aliphatic rings. The van der Waals surface area contributed by atoms with Gasteiger partial charge in [0.05, 0.1) is 30.8 Å². The molecule has 3 aromatic rings. The third kappa shape index (κ3) is 3.99. The Hall–Kier alpha value is -2.12. The van der Waals surface area contributed by atoms with E-state index in [1.54, 1.807) is 24.3 Å². The molecule has 1 saturated carbocycles.